The van der Waals surface area contributed by atoms with Crippen molar-refractivity contribution in [2.75, 3.05) is 5.32 Å². The molecule has 0 unspecified atom stereocenters. The van der Waals surface area contributed by atoms with Crippen LogP contribution in [0.15, 0.2) is 71.6 Å². The second-order valence-electron chi connectivity index (χ2n) is 8.31. The van der Waals surface area contributed by atoms with Crippen molar-refractivity contribution in [2.45, 2.75) is 35.6 Å². The summed E-state index contributed by atoms with van der Waals surface area (Å²) in [4.78, 5) is 39.3. The summed E-state index contributed by atoms with van der Waals surface area (Å²) in [7, 11) is 0. The third-order valence-electron chi connectivity index (χ3n) is 5.54. The number of fused-ring (bicyclic) bond motifs is 1. The molecule has 4 rings (SSSR count). The Morgan fingerprint density at radius 3 is 2.33 bits per heavy atom. The molecule has 0 spiro atoms. The molecule has 1 aliphatic heterocycles. The average Bonchev–Trinajstić information content (AvgIpc) is 2.95. The van der Waals surface area contributed by atoms with E-state index in [2.05, 4.69) is 16.0 Å². The highest BCUT2D eigenvalue weighted by atomic mass is 32.2. The van der Waals surface area contributed by atoms with Crippen LogP contribution in [0.25, 0.3) is 0 Å². The molecular weight excluding hydrogens is 491 g/mol. The Bertz CT molecular complexity index is 1280. The topological polar surface area (TPSA) is 87.3 Å². The van der Waals surface area contributed by atoms with Crippen LogP contribution in [0.2, 0.25) is 0 Å². The Hall–Kier alpha value is -3.79. The van der Waals surface area contributed by atoms with Crippen molar-refractivity contribution in [3.8, 4) is 0 Å². The van der Waals surface area contributed by atoms with E-state index in [1.807, 2.05) is 12.1 Å². The Morgan fingerprint density at radius 1 is 0.972 bits per heavy atom. The summed E-state index contributed by atoms with van der Waals surface area (Å²) in [5.74, 6) is -3.78. The summed E-state index contributed by atoms with van der Waals surface area (Å²) in [6.45, 7) is 1.43. The smallest absolute Gasteiger partial charge is 0.248 e. The van der Waals surface area contributed by atoms with Gasteiger partial charge in [-0.2, -0.15) is 0 Å². The van der Waals surface area contributed by atoms with Crippen molar-refractivity contribution < 1.29 is 27.6 Å². The van der Waals surface area contributed by atoms with Crippen molar-refractivity contribution in [1.29, 1.82) is 0 Å². The van der Waals surface area contributed by atoms with E-state index in [0.717, 1.165) is 17.0 Å². The van der Waals surface area contributed by atoms with Crippen molar-refractivity contribution in [3.63, 3.8) is 0 Å². The number of anilines is 1. The minimum atomic E-state index is -1.05. The molecule has 1 aliphatic rings. The zero-order chi connectivity index (χ0) is 25.8. The molecular formula is C26H22F3N3O3S. The van der Waals surface area contributed by atoms with Crippen molar-refractivity contribution in [2.24, 2.45) is 0 Å². The minimum absolute atomic E-state index is 0.117. The van der Waals surface area contributed by atoms with Gasteiger partial charge in [-0.25, -0.2) is 13.2 Å². The highest BCUT2D eigenvalue weighted by Gasteiger charge is 2.36. The van der Waals surface area contributed by atoms with Gasteiger partial charge in [-0.3, -0.25) is 14.4 Å². The largest absolute Gasteiger partial charge is 0.344 e. The Kier molecular flexibility index (Phi) is 7.64. The number of benzene rings is 3. The number of halogens is 3. The molecule has 36 heavy (non-hydrogen) atoms. The summed E-state index contributed by atoms with van der Waals surface area (Å²) in [5.41, 5.74) is 1.33. The summed E-state index contributed by atoms with van der Waals surface area (Å²) >= 11 is 1.34. The minimum Gasteiger partial charge on any atom is -0.344 e. The highest BCUT2D eigenvalue weighted by Crippen LogP contribution is 2.43. The summed E-state index contributed by atoms with van der Waals surface area (Å²) in [6.07, 6.45) is -0.334. The first kappa shape index (κ1) is 25.3. The van der Waals surface area contributed by atoms with Crippen LogP contribution in [0, 0.1) is 17.5 Å². The quantitative estimate of drug-likeness (QED) is 0.463. The monoisotopic (exact) mass is 513 g/mol. The second kappa shape index (κ2) is 10.9. The fourth-order valence-corrected chi connectivity index (χ4v) is 5.11. The predicted octanol–water partition coefficient (Wildman–Crippen LogP) is 4.12. The molecule has 3 aromatic rings. The fourth-order valence-electron chi connectivity index (χ4n) is 3.81. The number of hydrogen-bond donors (Lipinski definition) is 3. The number of carbonyl (C=O) groups excluding carboxylic acids is 3. The molecule has 10 heteroatoms. The Morgan fingerprint density at radius 2 is 1.64 bits per heavy atom. The first-order valence-corrected chi connectivity index (χ1v) is 11.9. The fraction of sp³-hybridized carbons (Fsp3) is 0.192. The van der Waals surface area contributed by atoms with E-state index in [1.165, 1.54) is 30.8 Å². The van der Waals surface area contributed by atoms with Gasteiger partial charge in [0.05, 0.1) is 17.4 Å². The molecule has 0 bridgehead atoms. The van der Waals surface area contributed by atoms with Gasteiger partial charge in [0.2, 0.25) is 17.7 Å². The molecule has 3 N–H and O–H groups in total. The summed E-state index contributed by atoms with van der Waals surface area (Å²) in [6, 6.07) is 13.5. The molecule has 0 aromatic heterocycles. The molecule has 3 atom stereocenters. The molecule has 3 amide bonds. The van der Waals surface area contributed by atoms with Crippen LogP contribution in [0.5, 0.6) is 0 Å². The van der Waals surface area contributed by atoms with Crippen LogP contribution in [-0.2, 0) is 20.8 Å². The first-order valence-electron chi connectivity index (χ1n) is 11.1. The van der Waals surface area contributed by atoms with Gasteiger partial charge in [0.25, 0.3) is 0 Å². The summed E-state index contributed by atoms with van der Waals surface area (Å²) in [5, 5.41) is 7.39. The predicted molar refractivity (Wildman–Crippen MR) is 130 cm³/mol. The lowest BCUT2D eigenvalue weighted by Gasteiger charge is -2.26. The Labute approximate surface area is 209 Å². The van der Waals surface area contributed by atoms with E-state index in [4.69, 9.17) is 0 Å². The van der Waals surface area contributed by atoms with E-state index >= 15 is 0 Å². The van der Waals surface area contributed by atoms with Crippen LogP contribution in [-0.4, -0.2) is 29.8 Å². The zero-order valence-corrected chi connectivity index (χ0v) is 19.9. The Balaban J connectivity index is 1.50. The molecule has 0 radical (unpaired) electrons. The van der Waals surface area contributed by atoms with Crippen molar-refractivity contribution in [3.05, 3.63) is 95.3 Å². The van der Waals surface area contributed by atoms with Gasteiger partial charge in [0.1, 0.15) is 29.5 Å². The molecule has 0 saturated carbocycles. The van der Waals surface area contributed by atoms with E-state index in [-0.39, 0.29) is 12.0 Å². The maximum atomic E-state index is 13.5. The molecule has 0 aliphatic carbocycles. The van der Waals surface area contributed by atoms with Gasteiger partial charge in [-0.1, -0.05) is 24.3 Å². The van der Waals surface area contributed by atoms with E-state index in [0.29, 0.717) is 17.3 Å². The van der Waals surface area contributed by atoms with Gasteiger partial charge in [-0.15, -0.1) is 11.8 Å². The van der Waals surface area contributed by atoms with Crippen LogP contribution in [0.4, 0.5) is 18.9 Å². The molecule has 0 fully saturated rings. The van der Waals surface area contributed by atoms with Gasteiger partial charge in [-0.05, 0) is 54.4 Å². The van der Waals surface area contributed by atoms with Gasteiger partial charge in [0.15, 0.2) is 0 Å². The average molecular weight is 514 g/mol. The van der Waals surface area contributed by atoms with Gasteiger partial charge >= 0.3 is 0 Å². The SMILES string of the molecule is C[C@H](NC(=O)Cc1cc(F)cc(F)c1)C(=O)N[C@@H]1C(=O)Nc2ccccc2S[C@@H]1c1ccc(F)cc1. The third-order valence-corrected chi connectivity index (χ3v) is 6.95. The van der Waals surface area contributed by atoms with Crippen molar-refractivity contribution in [1.82, 2.24) is 10.6 Å². The van der Waals surface area contributed by atoms with E-state index in [9.17, 15) is 27.6 Å². The van der Waals surface area contributed by atoms with Gasteiger partial charge < -0.3 is 16.0 Å². The molecule has 0 saturated heterocycles. The van der Waals surface area contributed by atoms with Crippen LogP contribution in [0.3, 0.4) is 0 Å². The summed E-state index contributed by atoms with van der Waals surface area (Å²) < 4.78 is 40.3. The molecule has 6 nitrogen and oxygen atoms in total. The number of amides is 3. The second-order valence-corrected chi connectivity index (χ2v) is 9.49. The standard InChI is InChI=1S/C26H22F3N3O3S/c1-14(30-22(33)12-15-10-18(28)13-19(29)11-15)25(34)32-23-24(16-6-8-17(27)9-7-16)36-21-5-3-2-4-20(21)31-26(23)35/h2-11,13-14,23-24H,12H2,1H3,(H,30,33)(H,31,35)(H,32,34)/t14-,23-,24+/m0/s1. The van der Waals surface area contributed by atoms with Crippen LogP contribution >= 0.6 is 11.8 Å². The van der Waals surface area contributed by atoms with Crippen molar-refractivity contribution >= 4 is 35.2 Å². The van der Waals surface area contributed by atoms with Gasteiger partial charge in [0, 0.05) is 11.0 Å². The van der Waals surface area contributed by atoms with E-state index < -0.39 is 52.5 Å². The number of para-hydroxylation sites is 1. The maximum Gasteiger partial charge on any atom is 0.248 e. The number of hydrogen-bond acceptors (Lipinski definition) is 4. The normalized spacial score (nSPS) is 17.8. The molecule has 186 valence electrons. The number of rotatable bonds is 6. The molecule has 3 aromatic carbocycles. The van der Waals surface area contributed by atoms with Crippen LogP contribution in [0.1, 0.15) is 23.3 Å². The molecule has 1 heterocycles. The first-order chi connectivity index (χ1) is 17.2. The number of nitrogens with one attached hydrogen (secondary N) is 3. The lowest BCUT2D eigenvalue weighted by Crippen LogP contribution is -2.53. The highest BCUT2D eigenvalue weighted by molar-refractivity contribution is 7.99. The number of carbonyl (C=O) groups is 3. The number of thioether (sulfide) groups is 1. The lowest BCUT2D eigenvalue weighted by atomic mass is 10.0. The third kappa shape index (κ3) is 6.06. The van der Waals surface area contributed by atoms with E-state index in [1.54, 1.807) is 24.3 Å². The van der Waals surface area contributed by atoms with Crippen LogP contribution < -0.4 is 16.0 Å². The maximum absolute atomic E-state index is 13.5. The lowest BCUT2D eigenvalue weighted by molar-refractivity contribution is -0.130. The zero-order valence-electron chi connectivity index (χ0n) is 19.1.